The van der Waals surface area contributed by atoms with Crippen LogP contribution in [-0.2, 0) is 4.57 Å². The Morgan fingerprint density at radius 3 is 1.96 bits per heavy atom. The Balaban J connectivity index is 1.42. The summed E-state index contributed by atoms with van der Waals surface area (Å²) in [6.45, 7) is 3.09. The number of ether oxygens (including phenoxy) is 2. The smallest absolute Gasteiger partial charge is 0.222 e. The lowest BCUT2D eigenvalue weighted by Crippen LogP contribution is -2.45. The standard InChI is InChI=1S/C18H20ClN2O3P/c19-15-5-7-16(8-6-15)20-9-11-21(12-10-20)25(22)13-23-17-3-1-2-4-18(17)24-14-25/h1-8H,9-14H2. The molecular weight excluding hydrogens is 359 g/mol. The Morgan fingerprint density at radius 2 is 1.40 bits per heavy atom. The Bertz CT molecular complexity index is 760. The van der Waals surface area contributed by atoms with Crippen molar-refractivity contribution < 1.29 is 14.0 Å². The summed E-state index contributed by atoms with van der Waals surface area (Å²) in [7, 11) is -2.70. The molecule has 7 heteroatoms. The first-order valence-corrected chi connectivity index (χ1v) is 10.7. The van der Waals surface area contributed by atoms with Crippen LogP contribution in [0.1, 0.15) is 0 Å². The maximum absolute atomic E-state index is 13.4. The molecule has 0 atom stereocenters. The third-order valence-corrected chi connectivity index (χ3v) is 7.40. The molecule has 0 saturated carbocycles. The van der Waals surface area contributed by atoms with Crippen molar-refractivity contribution in [3.63, 3.8) is 0 Å². The minimum atomic E-state index is -2.70. The summed E-state index contributed by atoms with van der Waals surface area (Å²) in [6, 6.07) is 15.3. The van der Waals surface area contributed by atoms with Crippen LogP contribution in [0.3, 0.4) is 0 Å². The van der Waals surface area contributed by atoms with Crippen LogP contribution in [0.4, 0.5) is 5.69 Å². The van der Waals surface area contributed by atoms with E-state index < -0.39 is 7.29 Å². The summed E-state index contributed by atoms with van der Waals surface area (Å²) in [5, 5.41) is 0.735. The number of para-hydroxylation sites is 2. The minimum Gasteiger partial charge on any atom is -0.481 e. The number of benzene rings is 2. The summed E-state index contributed by atoms with van der Waals surface area (Å²) >= 11 is 5.96. The van der Waals surface area contributed by atoms with Gasteiger partial charge in [0.25, 0.3) is 0 Å². The van der Waals surface area contributed by atoms with E-state index in [0.29, 0.717) is 11.5 Å². The molecule has 0 aromatic heterocycles. The molecule has 4 rings (SSSR count). The molecule has 2 aromatic rings. The molecule has 2 aliphatic heterocycles. The molecule has 1 saturated heterocycles. The molecule has 0 bridgehead atoms. The van der Waals surface area contributed by atoms with Gasteiger partial charge in [0.15, 0.2) is 24.2 Å². The van der Waals surface area contributed by atoms with Crippen LogP contribution in [0.5, 0.6) is 11.5 Å². The van der Waals surface area contributed by atoms with E-state index in [2.05, 4.69) is 4.90 Å². The zero-order chi connectivity index (χ0) is 17.3. The van der Waals surface area contributed by atoms with Gasteiger partial charge in [0.2, 0.25) is 7.29 Å². The van der Waals surface area contributed by atoms with Crippen molar-refractivity contribution in [3.05, 3.63) is 53.6 Å². The first-order valence-electron chi connectivity index (χ1n) is 8.33. The van der Waals surface area contributed by atoms with Crippen molar-refractivity contribution in [1.82, 2.24) is 4.67 Å². The van der Waals surface area contributed by atoms with Crippen molar-refractivity contribution in [2.24, 2.45) is 0 Å². The monoisotopic (exact) mass is 378 g/mol. The summed E-state index contributed by atoms with van der Waals surface area (Å²) in [6.07, 6.45) is 0.399. The van der Waals surface area contributed by atoms with Crippen molar-refractivity contribution >= 4 is 24.6 Å². The Labute approximate surface area is 152 Å². The lowest BCUT2D eigenvalue weighted by atomic mass is 10.2. The van der Waals surface area contributed by atoms with Gasteiger partial charge in [0.05, 0.1) is 0 Å². The number of anilines is 1. The van der Waals surface area contributed by atoms with Gasteiger partial charge in [-0.2, -0.15) is 0 Å². The first kappa shape index (κ1) is 16.8. The fourth-order valence-corrected chi connectivity index (χ4v) is 5.32. The van der Waals surface area contributed by atoms with Crippen LogP contribution < -0.4 is 14.4 Å². The number of hydrogen-bond donors (Lipinski definition) is 0. The molecule has 5 nitrogen and oxygen atoms in total. The quantitative estimate of drug-likeness (QED) is 0.735. The van der Waals surface area contributed by atoms with Gasteiger partial charge in [-0.05, 0) is 36.4 Å². The summed E-state index contributed by atoms with van der Waals surface area (Å²) < 4.78 is 27.0. The van der Waals surface area contributed by atoms with E-state index in [0.717, 1.165) is 36.9 Å². The minimum absolute atomic E-state index is 0.199. The molecule has 132 valence electrons. The van der Waals surface area contributed by atoms with Gasteiger partial charge in [-0.3, -0.25) is 4.57 Å². The lowest BCUT2D eigenvalue weighted by Gasteiger charge is -2.39. The molecule has 0 N–H and O–H groups in total. The topological polar surface area (TPSA) is 42.0 Å². The highest BCUT2D eigenvalue weighted by Gasteiger charge is 2.37. The summed E-state index contributed by atoms with van der Waals surface area (Å²) in [5.41, 5.74) is 1.14. The van der Waals surface area contributed by atoms with Gasteiger partial charge >= 0.3 is 0 Å². The van der Waals surface area contributed by atoms with Gasteiger partial charge in [-0.1, -0.05) is 23.7 Å². The lowest BCUT2D eigenvalue weighted by molar-refractivity contribution is 0.329. The second-order valence-electron chi connectivity index (χ2n) is 6.26. The van der Waals surface area contributed by atoms with Gasteiger partial charge in [0, 0.05) is 36.9 Å². The zero-order valence-corrected chi connectivity index (χ0v) is 15.5. The molecular formula is C18H20ClN2O3P. The third-order valence-electron chi connectivity index (χ3n) is 4.66. The molecule has 25 heavy (non-hydrogen) atoms. The van der Waals surface area contributed by atoms with Crippen molar-refractivity contribution in [2.45, 2.75) is 0 Å². The van der Waals surface area contributed by atoms with E-state index in [1.54, 1.807) is 0 Å². The molecule has 0 unspecified atom stereocenters. The predicted molar refractivity (Wildman–Crippen MR) is 100 cm³/mol. The molecule has 0 spiro atoms. The van der Waals surface area contributed by atoms with Crippen LogP contribution in [-0.4, -0.2) is 43.5 Å². The van der Waals surface area contributed by atoms with Crippen LogP contribution in [0.15, 0.2) is 48.5 Å². The highest BCUT2D eigenvalue weighted by Crippen LogP contribution is 2.52. The fraction of sp³-hybridized carbons (Fsp3) is 0.333. The second-order valence-corrected chi connectivity index (χ2v) is 9.47. The average Bonchev–Trinajstić information content (AvgIpc) is 2.83. The SMILES string of the molecule is O=P1(N2CCN(c3ccc(Cl)cc3)CC2)COc2ccccc2OC1. The molecule has 0 amide bonds. The highest BCUT2D eigenvalue weighted by molar-refractivity contribution is 7.61. The largest absolute Gasteiger partial charge is 0.481 e. The average molecular weight is 379 g/mol. The molecule has 0 aliphatic carbocycles. The number of fused-ring (bicyclic) bond motifs is 1. The molecule has 2 aromatic carbocycles. The summed E-state index contributed by atoms with van der Waals surface area (Å²) in [4.78, 5) is 2.28. The van der Waals surface area contributed by atoms with E-state index >= 15 is 0 Å². The van der Waals surface area contributed by atoms with E-state index in [1.165, 1.54) is 0 Å². The number of halogens is 1. The Hall–Kier alpha value is -1.68. The second kappa shape index (κ2) is 6.91. The first-order chi connectivity index (χ1) is 12.1. The number of hydrogen-bond acceptors (Lipinski definition) is 4. The maximum Gasteiger partial charge on any atom is 0.222 e. The summed E-state index contributed by atoms with van der Waals surface area (Å²) in [5.74, 6) is 1.33. The van der Waals surface area contributed by atoms with Crippen LogP contribution in [0, 0.1) is 0 Å². The van der Waals surface area contributed by atoms with Gasteiger partial charge in [-0.15, -0.1) is 0 Å². The number of piperazine rings is 1. The van der Waals surface area contributed by atoms with Crippen LogP contribution in [0.25, 0.3) is 0 Å². The van der Waals surface area contributed by atoms with E-state index in [9.17, 15) is 4.57 Å². The van der Waals surface area contributed by atoms with E-state index in [1.807, 2.05) is 53.2 Å². The molecule has 0 radical (unpaired) electrons. The normalized spacial score (nSPS) is 20.1. The van der Waals surface area contributed by atoms with E-state index in [4.69, 9.17) is 21.1 Å². The third kappa shape index (κ3) is 3.50. The van der Waals surface area contributed by atoms with Crippen LogP contribution in [0.2, 0.25) is 5.02 Å². The Kier molecular flexibility index (Phi) is 4.63. The van der Waals surface area contributed by atoms with Crippen molar-refractivity contribution in [2.75, 3.05) is 43.8 Å². The van der Waals surface area contributed by atoms with Crippen molar-refractivity contribution in [3.8, 4) is 11.5 Å². The number of rotatable bonds is 2. The van der Waals surface area contributed by atoms with Crippen molar-refractivity contribution in [1.29, 1.82) is 0 Å². The van der Waals surface area contributed by atoms with Crippen LogP contribution >= 0.6 is 18.9 Å². The molecule has 2 heterocycles. The molecule has 1 fully saturated rings. The number of nitrogens with zero attached hydrogens (tertiary/aromatic N) is 2. The van der Waals surface area contributed by atoms with Gasteiger partial charge in [-0.25, -0.2) is 4.67 Å². The van der Waals surface area contributed by atoms with Gasteiger partial charge in [0.1, 0.15) is 0 Å². The zero-order valence-electron chi connectivity index (χ0n) is 13.8. The Morgan fingerprint density at radius 1 is 0.840 bits per heavy atom. The maximum atomic E-state index is 13.4. The molecule has 2 aliphatic rings. The van der Waals surface area contributed by atoms with Gasteiger partial charge < -0.3 is 14.4 Å². The van der Waals surface area contributed by atoms with E-state index in [-0.39, 0.29) is 12.7 Å². The highest BCUT2D eigenvalue weighted by atomic mass is 35.5. The predicted octanol–water partition coefficient (Wildman–Crippen LogP) is 4.13. The fourth-order valence-electron chi connectivity index (χ4n) is 3.20.